The van der Waals surface area contributed by atoms with E-state index < -0.39 is 0 Å². The molecule has 0 radical (unpaired) electrons. The summed E-state index contributed by atoms with van der Waals surface area (Å²) in [5.74, 6) is 1.55. The lowest BCUT2D eigenvalue weighted by molar-refractivity contribution is 0.0376. The molecule has 2 atom stereocenters. The summed E-state index contributed by atoms with van der Waals surface area (Å²) in [6, 6.07) is 10.7. The summed E-state index contributed by atoms with van der Waals surface area (Å²) in [6.45, 7) is 13.5. The topological polar surface area (TPSA) is 54.9 Å². The highest BCUT2D eigenvalue weighted by Crippen LogP contribution is 2.34. The van der Waals surface area contributed by atoms with Gasteiger partial charge in [-0.1, -0.05) is 49.4 Å². The van der Waals surface area contributed by atoms with Crippen LogP contribution in [0.3, 0.4) is 0 Å². The molecule has 1 unspecified atom stereocenters. The lowest BCUT2D eigenvalue weighted by Crippen LogP contribution is -2.37. The second-order valence-corrected chi connectivity index (χ2v) is 10.4. The zero-order valence-electron chi connectivity index (χ0n) is 22.9. The van der Waals surface area contributed by atoms with Crippen molar-refractivity contribution in [3.63, 3.8) is 0 Å². The normalized spacial score (nSPS) is 19.3. The third kappa shape index (κ3) is 6.61. The molecule has 2 aromatic rings. The van der Waals surface area contributed by atoms with Crippen molar-refractivity contribution >= 4 is 11.8 Å². The van der Waals surface area contributed by atoms with E-state index in [4.69, 9.17) is 14.5 Å². The standard InChI is InChI=1S/C31H41N3O3/c1-6-33(20-25-14-10-11-15-28(25)36-22(2)3)26-17-19-34(21-26)30-29(31(35)37-23(4)5)27(16-18-32-30)24-12-8-7-9-13-24/h7-12,14-16,18,22-24,26H,6,13,17,19-21H2,1-5H3/t24?,26-/m1/s1. The Morgan fingerprint density at radius 1 is 1.14 bits per heavy atom. The van der Waals surface area contributed by atoms with Gasteiger partial charge in [0.05, 0.1) is 12.2 Å². The number of carbonyl (C=O) groups excluding carboxylic acids is 1. The van der Waals surface area contributed by atoms with Crippen molar-refractivity contribution in [1.82, 2.24) is 9.88 Å². The fraction of sp³-hybridized carbons (Fsp3) is 0.484. The number of para-hydroxylation sites is 1. The maximum absolute atomic E-state index is 13.4. The molecule has 2 aliphatic rings. The smallest absolute Gasteiger partial charge is 0.342 e. The first-order valence-electron chi connectivity index (χ1n) is 13.6. The first-order valence-corrected chi connectivity index (χ1v) is 13.6. The Kier molecular flexibility index (Phi) is 9.04. The van der Waals surface area contributed by atoms with E-state index in [2.05, 4.69) is 73.1 Å². The quantitative estimate of drug-likeness (QED) is 0.363. The van der Waals surface area contributed by atoms with Crippen molar-refractivity contribution in [2.24, 2.45) is 0 Å². The number of pyridine rings is 1. The average molecular weight is 504 g/mol. The van der Waals surface area contributed by atoms with Gasteiger partial charge in [-0.25, -0.2) is 9.78 Å². The summed E-state index contributed by atoms with van der Waals surface area (Å²) in [5.41, 5.74) is 2.81. The van der Waals surface area contributed by atoms with Crippen LogP contribution in [0, 0.1) is 0 Å². The number of nitrogens with zero attached hydrogens (tertiary/aromatic N) is 3. The number of hydrogen-bond acceptors (Lipinski definition) is 6. The van der Waals surface area contributed by atoms with Crippen molar-refractivity contribution in [3.05, 3.63) is 77.5 Å². The predicted molar refractivity (Wildman–Crippen MR) is 149 cm³/mol. The van der Waals surface area contributed by atoms with Crippen molar-refractivity contribution in [2.75, 3.05) is 24.5 Å². The lowest BCUT2D eigenvalue weighted by Gasteiger charge is -2.29. The molecule has 6 nitrogen and oxygen atoms in total. The molecule has 0 N–H and O–H groups in total. The van der Waals surface area contributed by atoms with E-state index in [1.165, 1.54) is 5.56 Å². The Bertz CT molecular complexity index is 1120. The third-order valence-corrected chi connectivity index (χ3v) is 6.98. The maximum atomic E-state index is 13.4. The molecule has 1 aromatic heterocycles. The van der Waals surface area contributed by atoms with Crippen LogP contribution in [-0.2, 0) is 11.3 Å². The molecule has 0 spiro atoms. The molecule has 4 rings (SSSR count). The molecule has 0 saturated carbocycles. The number of aromatic nitrogens is 1. The Morgan fingerprint density at radius 3 is 2.65 bits per heavy atom. The van der Waals surface area contributed by atoms with E-state index >= 15 is 0 Å². The van der Waals surface area contributed by atoms with Crippen molar-refractivity contribution in [3.8, 4) is 5.75 Å². The fourth-order valence-corrected chi connectivity index (χ4v) is 5.26. The number of allylic oxidation sites excluding steroid dienone is 4. The summed E-state index contributed by atoms with van der Waals surface area (Å²) in [4.78, 5) is 22.9. The van der Waals surface area contributed by atoms with E-state index in [1.54, 1.807) is 0 Å². The molecule has 2 heterocycles. The number of carbonyl (C=O) groups is 1. The third-order valence-electron chi connectivity index (χ3n) is 6.98. The van der Waals surface area contributed by atoms with Crippen molar-refractivity contribution in [2.45, 2.75) is 78.2 Å². The van der Waals surface area contributed by atoms with Crippen LogP contribution in [0.4, 0.5) is 5.82 Å². The molecule has 198 valence electrons. The predicted octanol–water partition coefficient (Wildman–Crippen LogP) is 6.13. The summed E-state index contributed by atoms with van der Waals surface area (Å²) < 4.78 is 11.8. The monoisotopic (exact) mass is 503 g/mol. The van der Waals surface area contributed by atoms with Gasteiger partial charge < -0.3 is 14.4 Å². The van der Waals surface area contributed by atoms with Crippen LogP contribution in [0.15, 0.2) is 60.8 Å². The minimum atomic E-state index is -0.286. The van der Waals surface area contributed by atoms with Crippen LogP contribution < -0.4 is 9.64 Å². The largest absolute Gasteiger partial charge is 0.491 e. The number of likely N-dealkylation sites (N-methyl/N-ethyl adjacent to an activating group) is 1. The van der Waals surface area contributed by atoms with Gasteiger partial charge in [-0.3, -0.25) is 4.90 Å². The molecule has 6 heteroatoms. The Balaban J connectivity index is 1.58. The number of benzene rings is 1. The molecule has 0 amide bonds. The first-order chi connectivity index (χ1) is 17.9. The van der Waals surface area contributed by atoms with E-state index in [0.717, 1.165) is 56.2 Å². The molecular weight excluding hydrogens is 462 g/mol. The van der Waals surface area contributed by atoms with Gasteiger partial charge in [-0.15, -0.1) is 0 Å². The van der Waals surface area contributed by atoms with Crippen LogP contribution in [0.25, 0.3) is 0 Å². The summed E-state index contributed by atoms with van der Waals surface area (Å²) >= 11 is 0. The lowest BCUT2D eigenvalue weighted by atomic mass is 9.89. The maximum Gasteiger partial charge on any atom is 0.342 e. The summed E-state index contributed by atoms with van der Waals surface area (Å²) in [5, 5.41) is 0. The SMILES string of the molecule is CCN(Cc1ccccc1OC(C)C)[C@@H]1CCN(c2nccc(C3C=CC=CC3)c2C(=O)OC(C)C)C1. The fourth-order valence-electron chi connectivity index (χ4n) is 5.26. The molecule has 1 fully saturated rings. The van der Waals surface area contributed by atoms with Crippen LogP contribution in [0.5, 0.6) is 5.75 Å². The second kappa shape index (κ2) is 12.4. The second-order valence-electron chi connectivity index (χ2n) is 10.4. The number of esters is 1. The van der Waals surface area contributed by atoms with Gasteiger partial charge in [0, 0.05) is 43.4 Å². The number of hydrogen-bond donors (Lipinski definition) is 0. The Hall–Kier alpha value is -3.12. The van der Waals surface area contributed by atoms with Gasteiger partial charge in [0.15, 0.2) is 0 Å². The van der Waals surface area contributed by atoms with Crippen LogP contribution in [0.2, 0.25) is 0 Å². The molecular formula is C31H41N3O3. The number of anilines is 1. The number of ether oxygens (including phenoxy) is 2. The van der Waals surface area contributed by atoms with Gasteiger partial charge in [0.1, 0.15) is 17.1 Å². The van der Waals surface area contributed by atoms with Crippen molar-refractivity contribution in [1.29, 1.82) is 0 Å². The van der Waals surface area contributed by atoms with E-state index in [0.29, 0.717) is 11.6 Å². The van der Waals surface area contributed by atoms with Crippen LogP contribution >= 0.6 is 0 Å². The molecule has 1 aliphatic heterocycles. The summed E-state index contributed by atoms with van der Waals surface area (Å²) in [6.07, 6.45) is 12.1. The highest BCUT2D eigenvalue weighted by Gasteiger charge is 2.33. The summed E-state index contributed by atoms with van der Waals surface area (Å²) in [7, 11) is 0. The average Bonchev–Trinajstić information content (AvgIpc) is 3.37. The molecule has 37 heavy (non-hydrogen) atoms. The number of rotatable bonds is 10. The van der Waals surface area contributed by atoms with E-state index in [9.17, 15) is 4.79 Å². The Morgan fingerprint density at radius 2 is 1.95 bits per heavy atom. The highest BCUT2D eigenvalue weighted by molar-refractivity contribution is 5.97. The van der Waals surface area contributed by atoms with Gasteiger partial charge in [0.25, 0.3) is 0 Å². The first kappa shape index (κ1) is 26.9. The molecule has 0 bridgehead atoms. The minimum absolute atomic E-state index is 0.134. The molecule has 1 saturated heterocycles. The minimum Gasteiger partial charge on any atom is -0.491 e. The molecule has 1 aliphatic carbocycles. The van der Waals surface area contributed by atoms with Gasteiger partial charge in [-0.2, -0.15) is 0 Å². The molecule has 1 aromatic carbocycles. The zero-order valence-corrected chi connectivity index (χ0v) is 22.9. The van der Waals surface area contributed by atoms with Gasteiger partial charge in [0.2, 0.25) is 0 Å². The van der Waals surface area contributed by atoms with Crippen molar-refractivity contribution < 1.29 is 14.3 Å². The van der Waals surface area contributed by atoms with E-state index in [1.807, 2.05) is 32.2 Å². The van der Waals surface area contributed by atoms with Crippen LogP contribution in [-0.4, -0.2) is 53.7 Å². The van der Waals surface area contributed by atoms with E-state index in [-0.39, 0.29) is 24.1 Å². The van der Waals surface area contributed by atoms with Gasteiger partial charge in [-0.05, 0) is 64.8 Å². The zero-order chi connectivity index (χ0) is 26.4. The Labute approximate surface area is 222 Å². The van der Waals surface area contributed by atoms with Crippen LogP contribution in [0.1, 0.15) is 74.9 Å². The van der Waals surface area contributed by atoms with Gasteiger partial charge >= 0.3 is 5.97 Å². The highest BCUT2D eigenvalue weighted by atomic mass is 16.5.